The highest BCUT2D eigenvalue weighted by molar-refractivity contribution is 7.93. The first-order chi connectivity index (χ1) is 8.27. The number of hydrogen-bond donors (Lipinski definition) is 1. The third-order valence-electron chi connectivity index (χ3n) is 2.24. The normalized spacial score (nSPS) is 10.1. The van der Waals surface area contributed by atoms with Crippen LogP contribution in [0.3, 0.4) is 0 Å². The largest absolute Gasteiger partial charge is 0.507 e. The number of pyridine rings is 1. The first kappa shape index (κ1) is 11.7. The number of ketones is 1. The Morgan fingerprint density at radius 2 is 1.82 bits per heavy atom. The lowest BCUT2D eigenvalue weighted by molar-refractivity contribution is -0.494. The molecule has 0 saturated carbocycles. The van der Waals surface area contributed by atoms with Gasteiger partial charge in [-0.05, 0) is 12.1 Å². The first-order valence-electron chi connectivity index (χ1n) is 5.18. The van der Waals surface area contributed by atoms with Gasteiger partial charge in [0, 0.05) is 12.1 Å². The van der Waals surface area contributed by atoms with Crippen LogP contribution < -0.4 is 3.97 Å². The lowest BCUT2D eigenvalue weighted by Gasteiger charge is -2.00. The van der Waals surface area contributed by atoms with Crippen LogP contribution in [0.4, 0.5) is 0 Å². The second-order valence-corrected chi connectivity index (χ2v) is 4.42. The van der Waals surface area contributed by atoms with Crippen molar-refractivity contribution in [3.63, 3.8) is 0 Å². The molecule has 1 heterocycles. The van der Waals surface area contributed by atoms with E-state index in [1.54, 1.807) is 18.2 Å². The number of rotatable bonds is 4. The molecule has 0 aliphatic heterocycles. The molecule has 0 amide bonds. The standard InChI is InChI=1S/C13H11NO2S/c15-12-7-3-2-6-11(12)13(16)10-17-14-8-4-1-5-9-14/h1-9H,10H2/p+1. The van der Waals surface area contributed by atoms with Gasteiger partial charge < -0.3 is 5.11 Å². The van der Waals surface area contributed by atoms with E-state index in [4.69, 9.17) is 0 Å². The number of hydrogen-bond acceptors (Lipinski definition) is 3. The Morgan fingerprint density at radius 3 is 2.53 bits per heavy atom. The molecule has 0 saturated heterocycles. The Hall–Kier alpha value is -1.81. The van der Waals surface area contributed by atoms with Crippen LogP contribution >= 0.6 is 11.9 Å². The van der Waals surface area contributed by atoms with Crippen LogP contribution in [-0.2, 0) is 0 Å². The molecule has 0 atom stereocenters. The van der Waals surface area contributed by atoms with E-state index in [0.717, 1.165) is 0 Å². The number of aromatic nitrogens is 1. The smallest absolute Gasteiger partial charge is 0.183 e. The average Bonchev–Trinajstić information content (AvgIpc) is 2.38. The first-order valence-corrected chi connectivity index (χ1v) is 6.12. The Balaban J connectivity index is 2.01. The predicted octanol–water partition coefficient (Wildman–Crippen LogP) is 2.06. The zero-order chi connectivity index (χ0) is 12.1. The van der Waals surface area contributed by atoms with Crippen molar-refractivity contribution in [3.8, 4) is 5.75 Å². The maximum absolute atomic E-state index is 11.8. The van der Waals surface area contributed by atoms with Gasteiger partial charge in [0.1, 0.15) is 11.5 Å². The maximum atomic E-state index is 11.8. The summed E-state index contributed by atoms with van der Waals surface area (Å²) in [6.45, 7) is 0. The molecule has 0 aliphatic rings. The fourth-order valence-electron chi connectivity index (χ4n) is 1.39. The number of carbonyl (C=O) groups excluding carboxylic acids is 1. The fourth-order valence-corrected chi connectivity index (χ4v) is 2.12. The molecular weight excluding hydrogens is 234 g/mol. The van der Waals surface area contributed by atoms with Crippen molar-refractivity contribution in [3.05, 3.63) is 60.4 Å². The lowest BCUT2D eigenvalue weighted by atomic mass is 10.1. The number of benzene rings is 1. The molecule has 0 spiro atoms. The van der Waals surface area contributed by atoms with Crippen LogP contribution in [0.25, 0.3) is 0 Å². The van der Waals surface area contributed by atoms with Gasteiger partial charge >= 0.3 is 0 Å². The van der Waals surface area contributed by atoms with Gasteiger partial charge in [0.25, 0.3) is 0 Å². The number of Topliss-reactive ketones (excluding diaryl/α,β-unsaturated/α-hetero) is 1. The van der Waals surface area contributed by atoms with Gasteiger partial charge in [0.05, 0.1) is 5.56 Å². The second-order valence-electron chi connectivity index (χ2n) is 3.45. The van der Waals surface area contributed by atoms with Gasteiger partial charge in [-0.2, -0.15) is 0 Å². The molecule has 1 N–H and O–H groups in total. The SMILES string of the molecule is O=C(CS[n+]1ccccc1)c1ccccc1O. The van der Waals surface area contributed by atoms with Crippen LogP contribution in [0.1, 0.15) is 10.4 Å². The minimum atomic E-state index is -0.0792. The van der Waals surface area contributed by atoms with Gasteiger partial charge in [0.2, 0.25) is 0 Å². The Morgan fingerprint density at radius 1 is 1.12 bits per heavy atom. The van der Waals surface area contributed by atoms with Crippen molar-refractivity contribution < 1.29 is 13.9 Å². The summed E-state index contributed by atoms with van der Waals surface area (Å²) in [7, 11) is 0. The highest BCUT2D eigenvalue weighted by Crippen LogP contribution is 2.17. The van der Waals surface area contributed by atoms with Crippen molar-refractivity contribution in [2.75, 3.05) is 5.75 Å². The predicted molar refractivity (Wildman–Crippen MR) is 66.9 cm³/mol. The summed E-state index contributed by atoms with van der Waals surface area (Å²) >= 11 is 1.39. The number of phenolic OH excluding ortho intramolecular Hbond substituents is 1. The summed E-state index contributed by atoms with van der Waals surface area (Å²) in [6, 6.07) is 12.3. The highest BCUT2D eigenvalue weighted by atomic mass is 32.2. The van der Waals surface area contributed by atoms with Crippen molar-refractivity contribution in [2.24, 2.45) is 0 Å². The van der Waals surface area contributed by atoms with Crippen molar-refractivity contribution in [1.29, 1.82) is 0 Å². The molecule has 86 valence electrons. The number of phenols is 1. The third kappa shape index (κ3) is 3.07. The minimum Gasteiger partial charge on any atom is -0.507 e. The van der Waals surface area contributed by atoms with Crippen LogP contribution in [0, 0.1) is 0 Å². The maximum Gasteiger partial charge on any atom is 0.183 e. The van der Waals surface area contributed by atoms with E-state index in [9.17, 15) is 9.90 Å². The summed E-state index contributed by atoms with van der Waals surface area (Å²) in [4.78, 5) is 11.8. The Labute approximate surface area is 104 Å². The van der Waals surface area contributed by atoms with Gasteiger partial charge in [-0.25, -0.2) is 0 Å². The lowest BCUT2D eigenvalue weighted by Crippen LogP contribution is -2.25. The van der Waals surface area contributed by atoms with Crippen molar-refractivity contribution in [1.82, 2.24) is 0 Å². The Kier molecular flexibility index (Phi) is 3.77. The quantitative estimate of drug-likeness (QED) is 0.663. The monoisotopic (exact) mass is 246 g/mol. The molecular formula is C13H12NO2S+. The van der Waals surface area contributed by atoms with E-state index in [1.165, 1.54) is 18.0 Å². The van der Waals surface area contributed by atoms with Gasteiger partial charge in [-0.3, -0.25) is 4.79 Å². The highest BCUT2D eigenvalue weighted by Gasteiger charge is 2.13. The van der Waals surface area contributed by atoms with E-state index in [-0.39, 0.29) is 11.5 Å². The summed E-state index contributed by atoms with van der Waals surface area (Å²) in [5, 5.41) is 9.54. The molecule has 0 fully saturated rings. The van der Waals surface area contributed by atoms with E-state index in [1.807, 2.05) is 34.6 Å². The number of aromatic hydroxyl groups is 1. The molecule has 0 bridgehead atoms. The molecule has 17 heavy (non-hydrogen) atoms. The molecule has 0 unspecified atom stereocenters. The zero-order valence-corrected chi connectivity index (χ0v) is 9.93. The molecule has 3 nitrogen and oxygen atoms in total. The number of para-hydroxylation sites is 1. The molecule has 4 heteroatoms. The van der Waals surface area contributed by atoms with E-state index >= 15 is 0 Å². The van der Waals surface area contributed by atoms with E-state index < -0.39 is 0 Å². The molecule has 0 radical (unpaired) electrons. The summed E-state index contributed by atoms with van der Waals surface area (Å²) in [6.07, 6.45) is 3.76. The molecule has 2 aromatic rings. The molecule has 1 aromatic heterocycles. The summed E-state index contributed by atoms with van der Waals surface area (Å²) in [5.74, 6) is 0.257. The summed E-state index contributed by atoms with van der Waals surface area (Å²) in [5.41, 5.74) is 0.372. The van der Waals surface area contributed by atoms with Gasteiger partial charge in [-0.1, -0.05) is 18.2 Å². The second kappa shape index (κ2) is 5.50. The van der Waals surface area contributed by atoms with Crippen LogP contribution in [0.15, 0.2) is 54.9 Å². The zero-order valence-electron chi connectivity index (χ0n) is 9.11. The van der Waals surface area contributed by atoms with E-state index in [0.29, 0.717) is 11.3 Å². The van der Waals surface area contributed by atoms with Gasteiger partial charge in [0.15, 0.2) is 30.1 Å². The average molecular weight is 246 g/mol. The topological polar surface area (TPSA) is 41.2 Å². The molecule has 1 aromatic carbocycles. The minimum absolute atomic E-state index is 0.0381. The van der Waals surface area contributed by atoms with Crippen LogP contribution in [-0.4, -0.2) is 16.6 Å². The molecule has 2 rings (SSSR count). The van der Waals surface area contributed by atoms with E-state index in [2.05, 4.69) is 0 Å². The fraction of sp³-hybridized carbons (Fsp3) is 0.0769. The Bertz CT molecular complexity index is 514. The van der Waals surface area contributed by atoms with Crippen LogP contribution in [0.5, 0.6) is 5.75 Å². The van der Waals surface area contributed by atoms with Crippen LogP contribution in [0.2, 0.25) is 0 Å². The van der Waals surface area contributed by atoms with Crippen molar-refractivity contribution >= 4 is 17.7 Å². The number of nitrogens with zero attached hydrogens (tertiary/aromatic N) is 1. The van der Waals surface area contributed by atoms with Crippen molar-refractivity contribution in [2.45, 2.75) is 0 Å². The number of carbonyl (C=O) groups is 1. The third-order valence-corrected chi connectivity index (χ3v) is 3.17. The molecule has 0 aliphatic carbocycles. The van der Waals surface area contributed by atoms with Gasteiger partial charge in [-0.15, -0.1) is 3.97 Å². The summed E-state index contributed by atoms with van der Waals surface area (Å²) < 4.78 is 1.86.